The van der Waals surface area contributed by atoms with Gasteiger partial charge in [0.05, 0.1) is 6.54 Å². The van der Waals surface area contributed by atoms with Gasteiger partial charge in [0, 0.05) is 25.0 Å². The van der Waals surface area contributed by atoms with Crippen LogP contribution in [0.3, 0.4) is 0 Å². The van der Waals surface area contributed by atoms with Gasteiger partial charge in [-0.3, -0.25) is 4.79 Å². The number of halogens is 2. The van der Waals surface area contributed by atoms with Crippen LogP contribution in [-0.2, 0) is 17.9 Å². The molecule has 3 rings (SSSR count). The first kappa shape index (κ1) is 20.2. The molecule has 0 fully saturated rings. The maximum absolute atomic E-state index is 13.5. The highest BCUT2D eigenvalue weighted by atomic mass is 35.5. The monoisotopic (exact) mass is 398 g/mol. The van der Waals surface area contributed by atoms with E-state index in [-0.39, 0.29) is 11.7 Å². The number of hydrogen-bond acceptors (Lipinski definition) is 1. The summed E-state index contributed by atoms with van der Waals surface area (Å²) < 4.78 is 15.5. The van der Waals surface area contributed by atoms with Crippen LogP contribution in [0.2, 0.25) is 0 Å². The molecule has 0 radical (unpaired) electrons. The fraction of sp³-hybridized carbons (Fsp3) is 0.261. The summed E-state index contributed by atoms with van der Waals surface area (Å²) >= 11 is 6.47. The van der Waals surface area contributed by atoms with E-state index in [4.69, 9.17) is 11.6 Å². The molecule has 0 aliphatic heterocycles. The van der Waals surface area contributed by atoms with Crippen molar-refractivity contribution in [3.63, 3.8) is 0 Å². The number of benzene rings is 2. The number of hydrogen-bond donors (Lipinski definition) is 0. The Balaban J connectivity index is 1.76. The zero-order valence-corrected chi connectivity index (χ0v) is 16.6. The van der Waals surface area contributed by atoms with Crippen molar-refractivity contribution in [3.05, 3.63) is 95.6 Å². The third kappa shape index (κ3) is 5.02. The molecule has 0 saturated carbocycles. The van der Waals surface area contributed by atoms with Crippen molar-refractivity contribution in [1.82, 2.24) is 9.47 Å². The van der Waals surface area contributed by atoms with E-state index in [2.05, 4.69) is 0 Å². The van der Waals surface area contributed by atoms with Crippen LogP contribution in [0.25, 0.3) is 0 Å². The number of nitrogens with zero attached hydrogens (tertiary/aromatic N) is 2. The summed E-state index contributed by atoms with van der Waals surface area (Å²) in [6.45, 7) is 3.68. The van der Waals surface area contributed by atoms with Crippen LogP contribution >= 0.6 is 11.6 Å². The molecule has 2 aromatic carbocycles. The number of alkyl halides is 1. The lowest BCUT2D eigenvalue weighted by Crippen LogP contribution is -2.34. The molecule has 1 amide bonds. The molecule has 0 bridgehead atoms. The average molecular weight is 399 g/mol. The van der Waals surface area contributed by atoms with Crippen LogP contribution in [0, 0.1) is 5.82 Å². The summed E-state index contributed by atoms with van der Waals surface area (Å²) in [5.41, 5.74) is 2.67. The first-order valence-corrected chi connectivity index (χ1v) is 9.88. The van der Waals surface area contributed by atoms with E-state index in [1.54, 1.807) is 11.0 Å². The molecule has 28 heavy (non-hydrogen) atoms. The second-order valence-corrected chi connectivity index (χ2v) is 7.23. The molecular formula is C23H24ClFN2O. The normalized spacial score (nSPS) is 12.0. The van der Waals surface area contributed by atoms with Crippen molar-refractivity contribution in [2.45, 2.75) is 31.8 Å². The van der Waals surface area contributed by atoms with E-state index >= 15 is 0 Å². The largest absolute Gasteiger partial charge is 0.345 e. The number of amides is 1. The minimum Gasteiger partial charge on any atom is -0.345 e. The van der Waals surface area contributed by atoms with Crippen LogP contribution in [0.5, 0.6) is 0 Å². The summed E-state index contributed by atoms with van der Waals surface area (Å²) in [6.07, 6.45) is 2.79. The van der Waals surface area contributed by atoms with Gasteiger partial charge in [-0.25, -0.2) is 4.39 Å². The fourth-order valence-electron chi connectivity index (χ4n) is 3.24. The van der Waals surface area contributed by atoms with E-state index in [0.717, 1.165) is 23.2 Å². The molecule has 5 heteroatoms. The van der Waals surface area contributed by atoms with Crippen molar-refractivity contribution in [1.29, 1.82) is 0 Å². The van der Waals surface area contributed by atoms with E-state index in [0.29, 0.717) is 19.6 Å². The van der Waals surface area contributed by atoms with Crippen molar-refractivity contribution in [2.24, 2.45) is 0 Å². The Kier molecular flexibility index (Phi) is 6.88. The molecule has 0 N–H and O–H groups in total. The molecule has 0 aliphatic carbocycles. The van der Waals surface area contributed by atoms with Gasteiger partial charge in [0.2, 0.25) is 5.91 Å². The van der Waals surface area contributed by atoms with Gasteiger partial charge in [0.1, 0.15) is 11.2 Å². The standard InChI is InChI=1S/C23H24ClFN2O/c1-2-13-27(23(28)22(24)19-9-4-3-5-10-19)17-21-12-7-14-26(21)16-18-8-6-11-20(25)15-18/h3-12,14-15,22H,2,13,16-17H2,1H3/t22-/m1/s1. The molecule has 1 aromatic heterocycles. The van der Waals surface area contributed by atoms with Crippen molar-refractivity contribution >= 4 is 17.5 Å². The van der Waals surface area contributed by atoms with Crippen LogP contribution < -0.4 is 0 Å². The Labute approximate surface area is 170 Å². The van der Waals surface area contributed by atoms with Crippen molar-refractivity contribution in [3.8, 4) is 0 Å². The van der Waals surface area contributed by atoms with Gasteiger partial charge in [0.15, 0.2) is 0 Å². The van der Waals surface area contributed by atoms with Crippen LogP contribution in [-0.4, -0.2) is 21.9 Å². The molecule has 0 saturated heterocycles. The SMILES string of the molecule is CCCN(Cc1cccn1Cc1cccc(F)c1)C(=O)[C@H](Cl)c1ccccc1. The van der Waals surface area contributed by atoms with E-state index in [1.165, 1.54) is 12.1 Å². The fourth-order valence-corrected chi connectivity index (χ4v) is 3.52. The highest BCUT2D eigenvalue weighted by Gasteiger charge is 2.24. The molecule has 1 atom stereocenters. The number of carbonyl (C=O) groups is 1. The summed E-state index contributed by atoms with van der Waals surface area (Å²) in [5.74, 6) is -0.352. The minimum absolute atomic E-state index is 0.103. The smallest absolute Gasteiger partial charge is 0.245 e. The summed E-state index contributed by atoms with van der Waals surface area (Å²) in [6, 6.07) is 19.9. The van der Waals surface area contributed by atoms with E-state index < -0.39 is 5.38 Å². The molecule has 0 spiro atoms. The highest BCUT2D eigenvalue weighted by Crippen LogP contribution is 2.24. The Bertz CT molecular complexity index is 910. The summed E-state index contributed by atoms with van der Waals surface area (Å²) in [4.78, 5) is 14.8. The summed E-state index contributed by atoms with van der Waals surface area (Å²) in [7, 11) is 0. The topological polar surface area (TPSA) is 25.2 Å². The van der Waals surface area contributed by atoms with Gasteiger partial charge in [-0.2, -0.15) is 0 Å². The second kappa shape index (κ2) is 9.56. The third-order valence-corrected chi connectivity index (χ3v) is 5.07. The van der Waals surface area contributed by atoms with E-state index in [9.17, 15) is 9.18 Å². The zero-order chi connectivity index (χ0) is 19.9. The first-order chi connectivity index (χ1) is 13.6. The van der Waals surface area contributed by atoms with Gasteiger partial charge in [-0.1, -0.05) is 49.4 Å². The van der Waals surface area contributed by atoms with Crippen LogP contribution in [0.4, 0.5) is 4.39 Å². The average Bonchev–Trinajstić information content (AvgIpc) is 3.14. The molecule has 3 aromatic rings. The molecule has 3 nitrogen and oxygen atoms in total. The summed E-state index contributed by atoms with van der Waals surface area (Å²) in [5, 5.41) is -0.709. The van der Waals surface area contributed by atoms with E-state index in [1.807, 2.05) is 66.2 Å². The maximum Gasteiger partial charge on any atom is 0.245 e. The van der Waals surface area contributed by atoms with Crippen LogP contribution in [0.1, 0.15) is 35.5 Å². The highest BCUT2D eigenvalue weighted by molar-refractivity contribution is 6.30. The minimum atomic E-state index is -0.709. The lowest BCUT2D eigenvalue weighted by molar-refractivity contribution is -0.131. The molecule has 1 heterocycles. The molecular weight excluding hydrogens is 375 g/mol. The quantitative estimate of drug-likeness (QED) is 0.467. The van der Waals surface area contributed by atoms with Gasteiger partial charge in [-0.15, -0.1) is 11.6 Å². The molecule has 0 unspecified atom stereocenters. The Hall–Kier alpha value is -2.59. The predicted molar refractivity (Wildman–Crippen MR) is 111 cm³/mol. The Morgan fingerprint density at radius 1 is 1.11 bits per heavy atom. The Morgan fingerprint density at radius 3 is 2.61 bits per heavy atom. The molecule has 0 aliphatic rings. The number of rotatable bonds is 8. The van der Waals surface area contributed by atoms with Crippen molar-refractivity contribution in [2.75, 3.05) is 6.54 Å². The Morgan fingerprint density at radius 2 is 1.89 bits per heavy atom. The third-order valence-electron chi connectivity index (χ3n) is 4.63. The predicted octanol–water partition coefficient (Wildman–Crippen LogP) is 5.39. The lowest BCUT2D eigenvalue weighted by Gasteiger charge is -2.25. The van der Waals surface area contributed by atoms with Gasteiger partial charge in [0.25, 0.3) is 0 Å². The number of carbonyl (C=O) groups excluding carboxylic acids is 1. The lowest BCUT2D eigenvalue weighted by atomic mass is 10.1. The second-order valence-electron chi connectivity index (χ2n) is 6.79. The molecule has 146 valence electrons. The zero-order valence-electron chi connectivity index (χ0n) is 15.9. The maximum atomic E-state index is 13.5. The van der Waals surface area contributed by atoms with Crippen LogP contribution in [0.15, 0.2) is 72.9 Å². The van der Waals surface area contributed by atoms with Crippen molar-refractivity contribution < 1.29 is 9.18 Å². The first-order valence-electron chi connectivity index (χ1n) is 9.44. The van der Waals surface area contributed by atoms with Gasteiger partial charge in [-0.05, 0) is 41.8 Å². The van der Waals surface area contributed by atoms with Gasteiger partial charge < -0.3 is 9.47 Å². The number of aromatic nitrogens is 1. The van der Waals surface area contributed by atoms with Gasteiger partial charge >= 0.3 is 0 Å².